The molecule has 5 heteroatoms. The summed E-state index contributed by atoms with van der Waals surface area (Å²) in [4.78, 5) is 14.0. The third kappa shape index (κ3) is 2.04. The van der Waals surface area contributed by atoms with Crippen molar-refractivity contribution in [3.63, 3.8) is 0 Å². The number of carbonyl (C=O) groups is 1. The van der Waals surface area contributed by atoms with Gasteiger partial charge in [-0.3, -0.25) is 0 Å². The van der Waals surface area contributed by atoms with Gasteiger partial charge < -0.3 is 4.74 Å². The number of cyclic esters (lactones) is 1. The van der Waals surface area contributed by atoms with Crippen molar-refractivity contribution in [1.82, 2.24) is 0 Å². The van der Waals surface area contributed by atoms with Gasteiger partial charge in [0.15, 0.2) is 0 Å². The van der Waals surface area contributed by atoms with Crippen molar-refractivity contribution in [2.75, 3.05) is 6.61 Å². The lowest BCUT2D eigenvalue weighted by molar-refractivity contribution is -0.134. The Labute approximate surface area is 92.0 Å². The first-order valence-corrected chi connectivity index (χ1v) is 4.83. The molecule has 0 bridgehead atoms. The molecule has 0 aliphatic carbocycles. The van der Waals surface area contributed by atoms with Crippen LogP contribution in [-0.2, 0) is 9.53 Å². The number of nitrogens with zero attached hydrogens (tertiary/aromatic N) is 3. The van der Waals surface area contributed by atoms with Crippen LogP contribution in [0.1, 0.15) is 12.0 Å². The number of hydrogen-bond acceptors (Lipinski definition) is 3. The van der Waals surface area contributed by atoms with Gasteiger partial charge in [-0.1, -0.05) is 29.4 Å². The van der Waals surface area contributed by atoms with Crippen molar-refractivity contribution in [3.05, 3.63) is 45.8 Å². The smallest absolute Gasteiger partial charge is 0.334 e. The summed E-state index contributed by atoms with van der Waals surface area (Å²) in [5, 5.41) is 3.56. The summed E-state index contributed by atoms with van der Waals surface area (Å²) >= 11 is 0. The van der Waals surface area contributed by atoms with Crippen LogP contribution in [0.3, 0.4) is 0 Å². The van der Waals surface area contributed by atoms with Gasteiger partial charge in [0.05, 0.1) is 6.61 Å². The predicted octanol–water partition coefficient (Wildman–Crippen LogP) is 2.96. The van der Waals surface area contributed by atoms with E-state index in [1.165, 1.54) is 0 Å². The van der Waals surface area contributed by atoms with Gasteiger partial charge in [-0.05, 0) is 17.2 Å². The van der Waals surface area contributed by atoms with E-state index in [-0.39, 0.29) is 5.97 Å². The van der Waals surface area contributed by atoms with Gasteiger partial charge in [0.2, 0.25) is 0 Å². The Hall–Kier alpha value is -2.26. The molecule has 1 aliphatic heterocycles. The summed E-state index contributed by atoms with van der Waals surface area (Å²) in [6, 6.07) is 7.09. The van der Waals surface area contributed by atoms with Crippen LogP contribution in [0.2, 0.25) is 0 Å². The minimum Gasteiger partial charge on any atom is -0.462 e. The first-order valence-electron chi connectivity index (χ1n) is 4.83. The standard InChI is InChI=1S/C11H9N3O2/c12-14-13-10-4-2-1-3-8(10)7-9-5-6-16-11(9)15/h1-4,7H,5-6H2/b9-7+. The van der Waals surface area contributed by atoms with Gasteiger partial charge in [-0.2, -0.15) is 0 Å². The van der Waals surface area contributed by atoms with E-state index in [4.69, 9.17) is 10.3 Å². The fourth-order valence-electron chi connectivity index (χ4n) is 1.52. The Morgan fingerprint density at radius 3 is 2.94 bits per heavy atom. The van der Waals surface area contributed by atoms with Gasteiger partial charge >= 0.3 is 5.97 Å². The monoisotopic (exact) mass is 215 g/mol. The summed E-state index contributed by atoms with van der Waals surface area (Å²) in [5.41, 5.74) is 10.3. The number of azide groups is 1. The van der Waals surface area contributed by atoms with E-state index in [0.29, 0.717) is 24.3 Å². The van der Waals surface area contributed by atoms with Crippen LogP contribution in [0.5, 0.6) is 0 Å². The van der Waals surface area contributed by atoms with Gasteiger partial charge in [-0.25, -0.2) is 4.79 Å². The quantitative estimate of drug-likeness (QED) is 0.250. The maximum absolute atomic E-state index is 11.3. The average Bonchev–Trinajstić information content (AvgIpc) is 2.68. The molecule has 16 heavy (non-hydrogen) atoms. The maximum atomic E-state index is 11.3. The molecule has 0 N–H and O–H groups in total. The third-order valence-electron chi connectivity index (χ3n) is 2.29. The summed E-state index contributed by atoms with van der Waals surface area (Å²) in [7, 11) is 0. The molecule has 5 nitrogen and oxygen atoms in total. The van der Waals surface area contributed by atoms with E-state index >= 15 is 0 Å². The van der Waals surface area contributed by atoms with Crippen molar-refractivity contribution in [2.45, 2.75) is 6.42 Å². The zero-order valence-corrected chi connectivity index (χ0v) is 8.46. The Morgan fingerprint density at radius 2 is 2.25 bits per heavy atom. The normalized spacial score (nSPS) is 17.0. The minimum absolute atomic E-state index is 0.296. The second kappa shape index (κ2) is 4.51. The Bertz CT molecular complexity index is 502. The molecule has 1 fully saturated rings. The highest BCUT2D eigenvalue weighted by atomic mass is 16.5. The van der Waals surface area contributed by atoms with E-state index in [2.05, 4.69) is 10.0 Å². The molecule has 2 rings (SSSR count). The zero-order valence-electron chi connectivity index (χ0n) is 8.46. The van der Waals surface area contributed by atoms with E-state index in [0.717, 1.165) is 5.56 Å². The Balaban J connectivity index is 2.40. The van der Waals surface area contributed by atoms with Crippen molar-refractivity contribution in [3.8, 4) is 0 Å². The minimum atomic E-state index is -0.296. The highest BCUT2D eigenvalue weighted by Crippen LogP contribution is 2.24. The SMILES string of the molecule is [N-]=[N+]=Nc1ccccc1/C=C1\CCOC1=O. The van der Waals surface area contributed by atoms with Crippen LogP contribution in [-0.4, -0.2) is 12.6 Å². The molecule has 0 aromatic heterocycles. The molecule has 0 atom stereocenters. The molecular formula is C11H9N3O2. The van der Waals surface area contributed by atoms with Gasteiger partial charge in [-0.15, -0.1) is 0 Å². The first-order chi connectivity index (χ1) is 7.81. The van der Waals surface area contributed by atoms with Crippen LogP contribution >= 0.6 is 0 Å². The van der Waals surface area contributed by atoms with Gasteiger partial charge in [0, 0.05) is 22.6 Å². The molecule has 80 valence electrons. The van der Waals surface area contributed by atoms with Crippen LogP contribution in [0.4, 0.5) is 5.69 Å². The highest BCUT2D eigenvalue weighted by molar-refractivity contribution is 5.96. The van der Waals surface area contributed by atoms with Crippen LogP contribution < -0.4 is 0 Å². The molecule has 1 saturated heterocycles. The van der Waals surface area contributed by atoms with Gasteiger partial charge in [0.1, 0.15) is 0 Å². The Kier molecular flexibility index (Phi) is 2.89. The van der Waals surface area contributed by atoms with Crippen molar-refractivity contribution in [1.29, 1.82) is 0 Å². The molecule has 0 amide bonds. The molecule has 0 spiro atoms. The lowest BCUT2D eigenvalue weighted by Crippen LogP contribution is -1.94. The largest absolute Gasteiger partial charge is 0.462 e. The number of ether oxygens (including phenoxy) is 1. The van der Waals surface area contributed by atoms with E-state index in [9.17, 15) is 4.79 Å². The Morgan fingerprint density at radius 1 is 1.44 bits per heavy atom. The summed E-state index contributed by atoms with van der Waals surface area (Å²) in [6.07, 6.45) is 2.31. The molecule has 0 unspecified atom stereocenters. The molecular weight excluding hydrogens is 206 g/mol. The van der Waals surface area contributed by atoms with Crippen LogP contribution in [0.15, 0.2) is 35.0 Å². The molecule has 1 aromatic rings. The lowest BCUT2D eigenvalue weighted by atomic mass is 10.1. The number of carbonyl (C=O) groups excluding carboxylic acids is 1. The number of benzene rings is 1. The highest BCUT2D eigenvalue weighted by Gasteiger charge is 2.18. The van der Waals surface area contributed by atoms with Crippen LogP contribution in [0.25, 0.3) is 16.5 Å². The molecule has 1 aromatic carbocycles. The number of rotatable bonds is 2. The summed E-state index contributed by atoms with van der Waals surface area (Å²) in [6.45, 7) is 0.425. The fraction of sp³-hybridized carbons (Fsp3) is 0.182. The summed E-state index contributed by atoms with van der Waals surface area (Å²) < 4.78 is 4.83. The van der Waals surface area contributed by atoms with Crippen molar-refractivity contribution < 1.29 is 9.53 Å². The fourth-order valence-corrected chi connectivity index (χ4v) is 1.52. The lowest BCUT2D eigenvalue weighted by Gasteiger charge is -1.99. The molecule has 0 saturated carbocycles. The van der Waals surface area contributed by atoms with E-state index < -0.39 is 0 Å². The topological polar surface area (TPSA) is 75.1 Å². The van der Waals surface area contributed by atoms with Gasteiger partial charge in [0.25, 0.3) is 0 Å². The molecule has 1 heterocycles. The first kappa shape index (κ1) is 10.3. The second-order valence-electron chi connectivity index (χ2n) is 3.30. The number of hydrogen-bond donors (Lipinski definition) is 0. The molecule has 0 radical (unpaired) electrons. The predicted molar refractivity (Wildman–Crippen MR) is 58.8 cm³/mol. The zero-order chi connectivity index (χ0) is 11.4. The van der Waals surface area contributed by atoms with Crippen LogP contribution in [0, 0.1) is 0 Å². The third-order valence-corrected chi connectivity index (χ3v) is 2.29. The van der Waals surface area contributed by atoms with E-state index in [1.807, 2.05) is 6.07 Å². The number of esters is 1. The average molecular weight is 215 g/mol. The van der Waals surface area contributed by atoms with Crippen molar-refractivity contribution in [2.24, 2.45) is 5.11 Å². The second-order valence-corrected chi connectivity index (χ2v) is 3.30. The van der Waals surface area contributed by atoms with E-state index in [1.54, 1.807) is 24.3 Å². The maximum Gasteiger partial charge on any atom is 0.334 e. The van der Waals surface area contributed by atoms with Crippen molar-refractivity contribution >= 4 is 17.7 Å². The summed E-state index contributed by atoms with van der Waals surface area (Å²) in [5.74, 6) is -0.296. The molecule has 1 aliphatic rings.